The molecule has 1 aromatic carbocycles. The van der Waals surface area contributed by atoms with E-state index in [2.05, 4.69) is 33.1 Å². The van der Waals surface area contributed by atoms with E-state index in [9.17, 15) is 9.90 Å². The first-order chi connectivity index (χ1) is 13.1. The van der Waals surface area contributed by atoms with Crippen LogP contribution in [0.3, 0.4) is 0 Å². The molecule has 1 aromatic heterocycles. The summed E-state index contributed by atoms with van der Waals surface area (Å²) in [5.74, 6) is 1.19. The topological polar surface area (TPSA) is 95.6 Å². The van der Waals surface area contributed by atoms with Crippen LogP contribution < -0.4 is 10.6 Å². The van der Waals surface area contributed by atoms with Gasteiger partial charge in [0, 0.05) is 30.3 Å². The normalized spacial score (nSPS) is 23.6. The smallest absolute Gasteiger partial charge is 0.407 e. The van der Waals surface area contributed by atoms with Gasteiger partial charge < -0.3 is 20.6 Å². The molecule has 2 atom stereocenters. The molecule has 27 heavy (non-hydrogen) atoms. The average molecular weight is 365 g/mol. The highest BCUT2D eigenvalue weighted by Crippen LogP contribution is 2.39. The minimum Gasteiger partial charge on any atom is -0.465 e. The second-order valence-corrected chi connectivity index (χ2v) is 7.70. The third-order valence-corrected chi connectivity index (χ3v) is 6.20. The van der Waals surface area contributed by atoms with Gasteiger partial charge >= 0.3 is 6.09 Å². The van der Waals surface area contributed by atoms with Crippen LogP contribution in [0.2, 0.25) is 0 Å². The number of aryl methyl sites for hydroxylation is 1. The van der Waals surface area contributed by atoms with Gasteiger partial charge in [0.2, 0.25) is 5.95 Å². The number of carboxylic acid groups (broad SMARTS) is 1. The molecular formula is C20H23N5O2. The zero-order valence-electron chi connectivity index (χ0n) is 15.1. The van der Waals surface area contributed by atoms with Crippen LogP contribution in [0, 0.1) is 0 Å². The minimum absolute atomic E-state index is 0.127. The number of nitrogens with two attached hydrogens (primary N) is 1. The Bertz CT molecular complexity index is 915. The van der Waals surface area contributed by atoms with E-state index < -0.39 is 6.09 Å². The fourth-order valence-corrected chi connectivity index (χ4v) is 4.98. The SMILES string of the molecule is Nc1nc2c(c(N3CCC4CC3CN4C(=O)O)n1)CCCc1ccccc1-2. The van der Waals surface area contributed by atoms with Crippen molar-refractivity contribution in [2.24, 2.45) is 0 Å². The number of piperidine rings is 1. The standard InChI is InChI=1S/C20H23N5O2/c21-19-22-17-15-6-2-1-4-12(15)5-3-7-16(17)18(23-19)24-9-8-13-10-14(24)11-25(13)20(26)27/h1-2,4,6,13-14H,3,5,7-11H2,(H,26,27)(H2,21,22,23). The summed E-state index contributed by atoms with van der Waals surface area (Å²) in [6, 6.07) is 8.68. The van der Waals surface area contributed by atoms with Crippen molar-refractivity contribution >= 4 is 17.9 Å². The van der Waals surface area contributed by atoms with Crippen molar-refractivity contribution in [1.82, 2.24) is 14.9 Å². The Morgan fingerprint density at radius 3 is 2.89 bits per heavy atom. The molecule has 2 fully saturated rings. The molecule has 0 saturated carbocycles. The third-order valence-electron chi connectivity index (χ3n) is 6.20. The van der Waals surface area contributed by atoms with Crippen molar-refractivity contribution in [2.75, 3.05) is 23.7 Å². The maximum Gasteiger partial charge on any atom is 0.407 e. The zero-order valence-corrected chi connectivity index (χ0v) is 15.1. The Morgan fingerprint density at radius 1 is 1.19 bits per heavy atom. The van der Waals surface area contributed by atoms with Crippen LogP contribution in [0.15, 0.2) is 24.3 Å². The van der Waals surface area contributed by atoms with Crippen molar-refractivity contribution in [3.63, 3.8) is 0 Å². The molecule has 2 unspecified atom stereocenters. The number of hydrogen-bond acceptors (Lipinski definition) is 5. The number of aromatic nitrogens is 2. The highest BCUT2D eigenvalue weighted by Gasteiger charge is 2.43. The summed E-state index contributed by atoms with van der Waals surface area (Å²) in [7, 11) is 0. The summed E-state index contributed by atoms with van der Waals surface area (Å²) < 4.78 is 0. The van der Waals surface area contributed by atoms with Gasteiger partial charge in [0.05, 0.1) is 11.7 Å². The summed E-state index contributed by atoms with van der Waals surface area (Å²) in [4.78, 5) is 24.6. The number of anilines is 2. The highest BCUT2D eigenvalue weighted by atomic mass is 16.4. The number of benzene rings is 1. The van der Waals surface area contributed by atoms with Gasteiger partial charge in [-0.2, -0.15) is 4.98 Å². The van der Waals surface area contributed by atoms with E-state index >= 15 is 0 Å². The van der Waals surface area contributed by atoms with Gasteiger partial charge in [0.15, 0.2) is 0 Å². The molecular weight excluding hydrogens is 342 g/mol. The molecule has 5 rings (SSSR count). The van der Waals surface area contributed by atoms with Gasteiger partial charge in [0.25, 0.3) is 0 Å². The van der Waals surface area contributed by atoms with Gasteiger partial charge in [-0.25, -0.2) is 9.78 Å². The van der Waals surface area contributed by atoms with Gasteiger partial charge in [-0.15, -0.1) is 0 Å². The lowest BCUT2D eigenvalue weighted by molar-refractivity contribution is 0.140. The summed E-state index contributed by atoms with van der Waals surface area (Å²) in [5.41, 5.74) is 10.7. The summed E-state index contributed by atoms with van der Waals surface area (Å²) in [6.07, 6.45) is 3.85. The van der Waals surface area contributed by atoms with Crippen molar-refractivity contribution < 1.29 is 9.90 Å². The Morgan fingerprint density at radius 2 is 2.04 bits per heavy atom. The summed E-state index contributed by atoms with van der Waals surface area (Å²) >= 11 is 0. The Hall–Kier alpha value is -2.83. The minimum atomic E-state index is -0.820. The quantitative estimate of drug-likeness (QED) is 0.806. The van der Waals surface area contributed by atoms with Crippen LogP contribution in [0.4, 0.5) is 16.6 Å². The number of carbonyl (C=O) groups is 1. The average Bonchev–Trinajstić information content (AvgIpc) is 2.88. The van der Waals surface area contributed by atoms with Gasteiger partial charge in [-0.3, -0.25) is 0 Å². The summed E-state index contributed by atoms with van der Waals surface area (Å²) in [6.45, 7) is 1.35. The number of hydrogen-bond donors (Lipinski definition) is 2. The molecule has 2 bridgehead atoms. The molecule has 2 saturated heterocycles. The number of likely N-dealkylation sites (tertiary alicyclic amines) is 1. The molecule has 1 aliphatic carbocycles. The molecule has 3 aliphatic rings. The lowest BCUT2D eigenvalue weighted by atomic mass is 9.99. The van der Waals surface area contributed by atoms with Gasteiger partial charge in [0.1, 0.15) is 5.82 Å². The number of fused-ring (bicyclic) bond motifs is 5. The lowest BCUT2D eigenvalue weighted by Gasteiger charge is -2.34. The molecule has 140 valence electrons. The van der Waals surface area contributed by atoms with Crippen LogP contribution in [0.25, 0.3) is 11.3 Å². The van der Waals surface area contributed by atoms with E-state index in [-0.39, 0.29) is 18.0 Å². The van der Waals surface area contributed by atoms with Crippen LogP contribution in [0.5, 0.6) is 0 Å². The predicted molar refractivity (Wildman–Crippen MR) is 103 cm³/mol. The van der Waals surface area contributed by atoms with Crippen LogP contribution in [-0.4, -0.2) is 51.2 Å². The Balaban J connectivity index is 1.59. The predicted octanol–water partition coefficient (Wildman–Crippen LogP) is 2.55. The first-order valence-corrected chi connectivity index (χ1v) is 9.62. The summed E-state index contributed by atoms with van der Waals surface area (Å²) in [5, 5.41) is 9.46. The van der Waals surface area contributed by atoms with Crippen LogP contribution >= 0.6 is 0 Å². The van der Waals surface area contributed by atoms with E-state index in [1.165, 1.54) is 5.56 Å². The van der Waals surface area contributed by atoms with E-state index in [4.69, 9.17) is 5.73 Å². The largest absolute Gasteiger partial charge is 0.465 e. The molecule has 0 spiro atoms. The van der Waals surface area contributed by atoms with Crippen LogP contribution in [-0.2, 0) is 12.8 Å². The number of nitrogen functional groups attached to an aromatic ring is 1. The fourth-order valence-electron chi connectivity index (χ4n) is 4.98. The van der Waals surface area contributed by atoms with Crippen molar-refractivity contribution in [3.05, 3.63) is 35.4 Å². The monoisotopic (exact) mass is 365 g/mol. The molecule has 2 aliphatic heterocycles. The highest BCUT2D eigenvalue weighted by molar-refractivity contribution is 5.74. The van der Waals surface area contributed by atoms with Gasteiger partial charge in [-0.05, 0) is 37.7 Å². The maximum atomic E-state index is 11.5. The van der Waals surface area contributed by atoms with Crippen LogP contribution in [0.1, 0.15) is 30.4 Å². The Kier molecular flexibility index (Phi) is 3.70. The Labute approximate surface area is 157 Å². The first kappa shape index (κ1) is 16.4. The first-order valence-electron chi connectivity index (χ1n) is 9.62. The molecule has 1 amide bonds. The molecule has 7 heteroatoms. The van der Waals surface area contributed by atoms with Crippen molar-refractivity contribution in [3.8, 4) is 11.3 Å². The van der Waals surface area contributed by atoms with Gasteiger partial charge in [-0.1, -0.05) is 24.3 Å². The number of rotatable bonds is 1. The van der Waals surface area contributed by atoms with E-state index in [1.54, 1.807) is 4.90 Å². The third kappa shape index (κ3) is 2.60. The van der Waals surface area contributed by atoms with E-state index in [0.717, 1.165) is 61.3 Å². The lowest BCUT2D eigenvalue weighted by Crippen LogP contribution is -2.41. The number of amides is 1. The molecule has 3 heterocycles. The molecule has 2 aromatic rings. The number of nitrogens with zero attached hydrogens (tertiary/aromatic N) is 4. The van der Waals surface area contributed by atoms with E-state index in [1.807, 2.05) is 6.07 Å². The second kappa shape index (κ2) is 6.11. The second-order valence-electron chi connectivity index (χ2n) is 7.70. The van der Waals surface area contributed by atoms with Crippen molar-refractivity contribution in [1.29, 1.82) is 0 Å². The maximum absolute atomic E-state index is 11.5. The molecule has 0 radical (unpaired) electrons. The molecule has 7 nitrogen and oxygen atoms in total. The van der Waals surface area contributed by atoms with E-state index in [0.29, 0.717) is 6.54 Å². The fraction of sp³-hybridized carbons (Fsp3) is 0.450. The van der Waals surface area contributed by atoms with Crippen molar-refractivity contribution in [2.45, 2.75) is 44.2 Å². The molecule has 3 N–H and O–H groups in total. The zero-order chi connectivity index (χ0) is 18.5.